The van der Waals surface area contributed by atoms with Crippen molar-refractivity contribution in [2.45, 2.75) is 124 Å². The molecule has 12 atom stereocenters. The highest BCUT2D eigenvalue weighted by Crippen LogP contribution is 2.89. The Morgan fingerprint density at radius 2 is 1.67 bits per heavy atom. The molecule has 2 saturated heterocycles. The zero-order chi connectivity index (χ0) is 33.0. The Morgan fingerprint density at radius 1 is 0.935 bits per heavy atom. The van der Waals surface area contributed by atoms with Crippen molar-refractivity contribution in [3.8, 4) is 0 Å². The summed E-state index contributed by atoms with van der Waals surface area (Å²) in [5.41, 5.74) is 1.35. The fourth-order valence-electron chi connectivity index (χ4n) is 13.6. The summed E-state index contributed by atoms with van der Waals surface area (Å²) in [6, 6.07) is 0.0574. The molecule has 0 N–H and O–H groups in total. The van der Waals surface area contributed by atoms with Gasteiger partial charge in [-0.3, -0.25) is 4.79 Å². The fraction of sp³-hybridized carbons (Fsp3) is 0.947. The SMILES string of the molecule is CC(C)C(=O)N1CCOC(O[C@H]2CCC34C(CC[C@H]5C6C[C@H]7O[C@@H](CN(C)C(=O)N(C)C)CCC7[C@@]6(C)CC[C@]53[C@@H]4C)C2(C)C)C1. The van der Waals surface area contributed by atoms with Gasteiger partial charge < -0.3 is 28.9 Å². The number of hydrogen-bond donors (Lipinski definition) is 0. The third-order valence-corrected chi connectivity index (χ3v) is 15.6. The van der Waals surface area contributed by atoms with Gasteiger partial charge in [0.1, 0.15) is 0 Å². The molecule has 2 aliphatic heterocycles. The standard InChI is InChI=1S/C38H63N3O5/c1-23(2)33(42)41-18-19-44-32(22-41)46-31-14-15-38-24(3)37(38)17-16-36(6)27-11-10-25(21-40(9)34(43)39(7)8)45-29(27)20-28(36)26(37)12-13-30(38)35(31,4)5/h23-32H,10-22H2,1-9H3/t24-,25+,26-,27?,28?,29+,30?,31-,32?,36+,37-,38?/m0/s1. The van der Waals surface area contributed by atoms with Crippen molar-refractivity contribution in [1.29, 1.82) is 0 Å². The van der Waals surface area contributed by atoms with Crippen molar-refractivity contribution in [2.75, 3.05) is 47.4 Å². The number of morpholine rings is 1. The fourth-order valence-corrected chi connectivity index (χ4v) is 13.6. The number of ether oxygens (including phenoxy) is 3. The average Bonchev–Trinajstić information content (AvgIpc) is 3.39. The van der Waals surface area contributed by atoms with Crippen LogP contribution < -0.4 is 0 Å². The normalized spacial score (nSPS) is 47.2. The first-order valence-corrected chi connectivity index (χ1v) is 18.8. The lowest BCUT2D eigenvalue weighted by Crippen LogP contribution is -2.56. The average molecular weight is 642 g/mol. The molecule has 260 valence electrons. The van der Waals surface area contributed by atoms with Crippen molar-refractivity contribution in [3.05, 3.63) is 0 Å². The molecule has 7 fully saturated rings. The van der Waals surface area contributed by atoms with E-state index in [0.29, 0.717) is 60.4 Å². The zero-order valence-corrected chi connectivity index (χ0v) is 30.3. The van der Waals surface area contributed by atoms with Crippen LogP contribution in [0.15, 0.2) is 0 Å². The molecule has 0 bridgehead atoms. The van der Waals surface area contributed by atoms with Gasteiger partial charge in [-0.05, 0) is 109 Å². The summed E-state index contributed by atoms with van der Waals surface area (Å²) < 4.78 is 19.9. The van der Waals surface area contributed by atoms with E-state index in [1.165, 1.54) is 44.9 Å². The highest BCUT2D eigenvalue weighted by atomic mass is 16.7. The first kappa shape index (κ1) is 33.1. The molecular weight excluding hydrogens is 578 g/mol. The molecule has 2 heterocycles. The van der Waals surface area contributed by atoms with Gasteiger partial charge in [-0.1, -0.05) is 41.5 Å². The largest absolute Gasteiger partial charge is 0.373 e. The smallest absolute Gasteiger partial charge is 0.319 e. The summed E-state index contributed by atoms with van der Waals surface area (Å²) in [6.45, 7) is 16.7. The van der Waals surface area contributed by atoms with Crippen molar-refractivity contribution >= 4 is 11.9 Å². The van der Waals surface area contributed by atoms with E-state index in [4.69, 9.17) is 14.2 Å². The quantitative estimate of drug-likeness (QED) is 0.354. The molecule has 46 heavy (non-hydrogen) atoms. The molecule has 0 aromatic heterocycles. The number of fused-ring (bicyclic) bond motifs is 4. The molecule has 8 nitrogen and oxygen atoms in total. The van der Waals surface area contributed by atoms with Gasteiger partial charge in [-0.15, -0.1) is 0 Å². The van der Waals surface area contributed by atoms with E-state index in [9.17, 15) is 9.59 Å². The third kappa shape index (κ3) is 4.60. The molecular formula is C38H63N3O5. The minimum absolute atomic E-state index is 0.00192. The highest BCUT2D eigenvalue weighted by molar-refractivity contribution is 5.78. The van der Waals surface area contributed by atoms with Gasteiger partial charge in [0, 0.05) is 40.2 Å². The summed E-state index contributed by atoms with van der Waals surface area (Å²) in [5, 5.41) is 0. The van der Waals surface area contributed by atoms with Crippen LogP contribution in [0.3, 0.4) is 0 Å². The minimum Gasteiger partial charge on any atom is -0.373 e. The van der Waals surface area contributed by atoms with Gasteiger partial charge in [-0.25, -0.2) is 4.79 Å². The number of carbonyl (C=O) groups is 2. The Balaban J connectivity index is 1.05. The highest BCUT2D eigenvalue weighted by Gasteiger charge is 2.84. The molecule has 5 aliphatic carbocycles. The second-order valence-corrected chi connectivity index (χ2v) is 18.1. The van der Waals surface area contributed by atoms with Crippen LogP contribution in [0.2, 0.25) is 0 Å². The maximum atomic E-state index is 12.7. The summed E-state index contributed by atoms with van der Waals surface area (Å²) >= 11 is 0. The van der Waals surface area contributed by atoms with Gasteiger partial charge in [-0.2, -0.15) is 0 Å². The lowest BCUT2D eigenvalue weighted by molar-refractivity contribution is -0.245. The monoisotopic (exact) mass is 641 g/mol. The predicted octanol–water partition coefficient (Wildman–Crippen LogP) is 6.28. The first-order valence-electron chi connectivity index (χ1n) is 18.8. The zero-order valence-electron chi connectivity index (χ0n) is 30.3. The number of rotatable bonds is 5. The van der Waals surface area contributed by atoms with Crippen LogP contribution in [0, 0.1) is 57.2 Å². The molecule has 5 saturated carbocycles. The van der Waals surface area contributed by atoms with E-state index < -0.39 is 0 Å². The number of likely N-dealkylation sites (N-methyl/N-ethyl adjacent to an activating group) is 1. The van der Waals surface area contributed by atoms with Gasteiger partial charge in [0.2, 0.25) is 5.91 Å². The summed E-state index contributed by atoms with van der Waals surface area (Å²) in [5.74, 6) is 3.85. The van der Waals surface area contributed by atoms with Crippen molar-refractivity contribution in [2.24, 2.45) is 57.2 Å². The second kappa shape index (κ2) is 11.3. The molecule has 0 aromatic carbocycles. The van der Waals surface area contributed by atoms with Crippen LogP contribution >= 0.6 is 0 Å². The molecule has 2 spiro atoms. The van der Waals surface area contributed by atoms with Crippen molar-refractivity contribution < 1.29 is 23.8 Å². The Hall–Kier alpha value is -1.38. The van der Waals surface area contributed by atoms with E-state index in [-0.39, 0.29) is 41.8 Å². The second-order valence-electron chi connectivity index (χ2n) is 18.1. The molecule has 7 rings (SSSR count). The van der Waals surface area contributed by atoms with Crippen LogP contribution in [0.5, 0.6) is 0 Å². The van der Waals surface area contributed by atoms with Crippen LogP contribution in [-0.2, 0) is 19.0 Å². The summed E-state index contributed by atoms with van der Waals surface area (Å²) in [4.78, 5) is 30.7. The molecule has 5 unspecified atom stereocenters. The maximum absolute atomic E-state index is 12.7. The molecule has 8 heteroatoms. The summed E-state index contributed by atoms with van der Waals surface area (Å²) in [6.07, 6.45) is 11.6. The summed E-state index contributed by atoms with van der Waals surface area (Å²) in [7, 11) is 5.56. The number of hydrogen-bond acceptors (Lipinski definition) is 5. The van der Waals surface area contributed by atoms with Crippen LogP contribution in [-0.4, -0.2) is 98.6 Å². The Kier molecular flexibility index (Phi) is 8.16. The van der Waals surface area contributed by atoms with Gasteiger partial charge in [0.05, 0.1) is 31.5 Å². The topological polar surface area (TPSA) is 71.5 Å². The van der Waals surface area contributed by atoms with E-state index in [2.05, 4.69) is 27.7 Å². The van der Waals surface area contributed by atoms with Gasteiger partial charge in [0.25, 0.3) is 0 Å². The van der Waals surface area contributed by atoms with Crippen LogP contribution in [0.4, 0.5) is 4.79 Å². The maximum Gasteiger partial charge on any atom is 0.319 e. The van der Waals surface area contributed by atoms with E-state index in [1.807, 2.05) is 44.8 Å². The molecule has 7 aliphatic rings. The predicted molar refractivity (Wildman–Crippen MR) is 178 cm³/mol. The molecule has 0 aromatic rings. The van der Waals surface area contributed by atoms with Crippen molar-refractivity contribution in [3.63, 3.8) is 0 Å². The Labute approximate surface area is 278 Å². The Morgan fingerprint density at radius 3 is 2.39 bits per heavy atom. The van der Waals surface area contributed by atoms with Gasteiger partial charge in [0.15, 0.2) is 6.29 Å². The number of urea groups is 1. The van der Waals surface area contributed by atoms with Crippen LogP contribution in [0.25, 0.3) is 0 Å². The third-order valence-electron chi connectivity index (χ3n) is 15.6. The molecule has 0 radical (unpaired) electrons. The Bertz CT molecular complexity index is 1210. The lowest BCUT2D eigenvalue weighted by Gasteiger charge is -2.60. The van der Waals surface area contributed by atoms with E-state index in [0.717, 1.165) is 30.6 Å². The van der Waals surface area contributed by atoms with Crippen molar-refractivity contribution in [1.82, 2.24) is 14.7 Å². The number of nitrogens with zero attached hydrogens (tertiary/aromatic N) is 3. The lowest BCUT2D eigenvalue weighted by atomic mass is 9.46. The van der Waals surface area contributed by atoms with Gasteiger partial charge >= 0.3 is 6.03 Å². The minimum atomic E-state index is -0.321. The van der Waals surface area contributed by atoms with E-state index in [1.54, 1.807) is 4.90 Å². The molecule has 3 amide bonds. The number of amides is 3. The van der Waals surface area contributed by atoms with Crippen LogP contribution in [0.1, 0.15) is 99.3 Å². The first-order chi connectivity index (χ1) is 21.7. The van der Waals surface area contributed by atoms with E-state index >= 15 is 0 Å². The number of carbonyl (C=O) groups excluding carboxylic acids is 2.